The Kier molecular flexibility index (Phi) is 4.03. The zero-order valence-electron chi connectivity index (χ0n) is 10.4. The molecule has 0 aliphatic rings. The van der Waals surface area contributed by atoms with E-state index in [0.717, 1.165) is 0 Å². The number of benzene rings is 1. The summed E-state index contributed by atoms with van der Waals surface area (Å²) in [4.78, 5) is 8.18. The summed E-state index contributed by atoms with van der Waals surface area (Å²) in [6, 6.07) is 5.55. The number of hydrogen-bond donors (Lipinski definition) is 2. The fourth-order valence-electron chi connectivity index (χ4n) is 1.62. The number of halogens is 1. The first-order chi connectivity index (χ1) is 9.15. The van der Waals surface area contributed by atoms with E-state index in [1.807, 2.05) is 0 Å². The zero-order chi connectivity index (χ0) is 13.8. The summed E-state index contributed by atoms with van der Waals surface area (Å²) >= 11 is 0. The Balaban J connectivity index is 2.39. The summed E-state index contributed by atoms with van der Waals surface area (Å²) in [6.45, 7) is -0.250. The standard InChI is InChI=1S/C13H14FN3O2/c1-19-12-3-2-8(6-9(12)14)11-4-5-16-13(17-11)10(15)7-18/h2-6,10,18H,7,15H2,1H3. The lowest BCUT2D eigenvalue weighted by Gasteiger charge is -2.09. The largest absolute Gasteiger partial charge is 0.494 e. The average Bonchev–Trinajstić information content (AvgIpc) is 2.46. The van der Waals surface area contributed by atoms with Crippen molar-refractivity contribution in [2.75, 3.05) is 13.7 Å². The minimum Gasteiger partial charge on any atom is -0.494 e. The Morgan fingerprint density at radius 1 is 1.42 bits per heavy atom. The lowest BCUT2D eigenvalue weighted by atomic mass is 10.1. The third-order valence-corrected chi connectivity index (χ3v) is 2.65. The maximum absolute atomic E-state index is 13.6. The Bertz CT molecular complexity index is 578. The van der Waals surface area contributed by atoms with Crippen LogP contribution >= 0.6 is 0 Å². The maximum Gasteiger partial charge on any atom is 0.165 e. The molecule has 0 bridgehead atoms. The molecule has 0 aliphatic carbocycles. The van der Waals surface area contributed by atoms with E-state index in [1.165, 1.54) is 25.4 Å². The van der Waals surface area contributed by atoms with Crippen molar-refractivity contribution in [3.8, 4) is 17.0 Å². The number of methoxy groups -OCH3 is 1. The van der Waals surface area contributed by atoms with E-state index in [-0.39, 0.29) is 12.4 Å². The third kappa shape index (κ3) is 2.86. The molecule has 0 amide bonds. The molecule has 0 fully saturated rings. The highest BCUT2D eigenvalue weighted by Gasteiger charge is 2.11. The molecule has 1 heterocycles. The maximum atomic E-state index is 13.6. The molecular weight excluding hydrogens is 249 g/mol. The predicted molar refractivity (Wildman–Crippen MR) is 68.0 cm³/mol. The monoisotopic (exact) mass is 263 g/mol. The predicted octanol–water partition coefficient (Wildman–Crippen LogP) is 1.28. The second-order valence-corrected chi connectivity index (χ2v) is 3.94. The van der Waals surface area contributed by atoms with E-state index in [0.29, 0.717) is 17.1 Å². The van der Waals surface area contributed by atoms with E-state index < -0.39 is 11.9 Å². The van der Waals surface area contributed by atoms with Gasteiger partial charge in [0.1, 0.15) is 5.82 Å². The molecule has 2 rings (SSSR count). The van der Waals surface area contributed by atoms with Crippen molar-refractivity contribution in [3.63, 3.8) is 0 Å². The van der Waals surface area contributed by atoms with Crippen molar-refractivity contribution < 1.29 is 14.2 Å². The number of hydrogen-bond acceptors (Lipinski definition) is 5. The number of nitrogens with zero attached hydrogens (tertiary/aromatic N) is 2. The number of nitrogens with two attached hydrogens (primary N) is 1. The molecule has 0 spiro atoms. The van der Waals surface area contributed by atoms with Crippen LogP contribution in [-0.2, 0) is 0 Å². The van der Waals surface area contributed by atoms with Crippen molar-refractivity contribution in [1.82, 2.24) is 9.97 Å². The van der Waals surface area contributed by atoms with Crippen LogP contribution in [0.2, 0.25) is 0 Å². The SMILES string of the molecule is COc1ccc(-c2ccnc(C(N)CO)n2)cc1F. The molecule has 1 aromatic heterocycles. The first-order valence-corrected chi connectivity index (χ1v) is 5.69. The summed E-state index contributed by atoms with van der Waals surface area (Å²) < 4.78 is 18.5. The first-order valence-electron chi connectivity index (χ1n) is 5.69. The summed E-state index contributed by atoms with van der Waals surface area (Å²) in [5, 5.41) is 8.98. The molecule has 1 unspecified atom stereocenters. The minimum atomic E-state index is -0.650. The smallest absolute Gasteiger partial charge is 0.165 e. The molecule has 2 aromatic rings. The van der Waals surface area contributed by atoms with Gasteiger partial charge in [-0.05, 0) is 24.3 Å². The van der Waals surface area contributed by atoms with E-state index >= 15 is 0 Å². The number of rotatable bonds is 4. The van der Waals surface area contributed by atoms with Gasteiger partial charge in [0.05, 0.1) is 25.5 Å². The van der Waals surface area contributed by atoms with E-state index in [2.05, 4.69) is 9.97 Å². The Labute approximate surface area is 109 Å². The highest BCUT2D eigenvalue weighted by atomic mass is 19.1. The van der Waals surface area contributed by atoms with Crippen LogP contribution in [0.25, 0.3) is 11.3 Å². The topological polar surface area (TPSA) is 81.3 Å². The Morgan fingerprint density at radius 3 is 2.84 bits per heavy atom. The molecule has 5 nitrogen and oxygen atoms in total. The minimum absolute atomic E-state index is 0.171. The molecule has 100 valence electrons. The molecular formula is C13H14FN3O2. The fraction of sp³-hybridized carbons (Fsp3) is 0.231. The van der Waals surface area contributed by atoms with Crippen LogP contribution < -0.4 is 10.5 Å². The number of aromatic nitrogens is 2. The van der Waals surface area contributed by atoms with Gasteiger partial charge in [0.2, 0.25) is 0 Å². The summed E-state index contributed by atoms with van der Waals surface area (Å²) in [7, 11) is 1.40. The van der Waals surface area contributed by atoms with Crippen LogP contribution in [0, 0.1) is 5.82 Å². The van der Waals surface area contributed by atoms with Gasteiger partial charge in [-0.15, -0.1) is 0 Å². The molecule has 0 radical (unpaired) electrons. The van der Waals surface area contributed by atoms with Gasteiger partial charge < -0.3 is 15.6 Å². The van der Waals surface area contributed by atoms with Gasteiger partial charge in [0.25, 0.3) is 0 Å². The summed E-state index contributed by atoms with van der Waals surface area (Å²) in [6.07, 6.45) is 1.52. The van der Waals surface area contributed by atoms with Crippen molar-refractivity contribution >= 4 is 0 Å². The lowest BCUT2D eigenvalue weighted by Crippen LogP contribution is -2.17. The number of aliphatic hydroxyl groups is 1. The molecule has 0 aliphatic heterocycles. The molecule has 6 heteroatoms. The van der Waals surface area contributed by atoms with Crippen LogP contribution in [-0.4, -0.2) is 28.8 Å². The molecule has 19 heavy (non-hydrogen) atoms. The van der Waals surface area contributed by atoms with Gasteiger partial charge in [0, 0.05) is 11.8 Å². The quantitative estimate of drug-likeness (QED) is 0.868. The molecule has 0 saturated carbocycles. The fourth-order valence-corrected chi connectivity index (χ4v) is 1.62. The van der Waals surface area contributed by atoms with Crippen LogP contribution in [0.1, 0.15) is 11.9 Å². The van der Waals surface area contributed by atoms with E-state index in [1.54, 1.807) is 12.1 Å². The second kappa shape index (κ2) is 5.73. The van der Waals surface area contributed by atoms with Gasteiger partial charge in [-0.3, -0.25) is 0 Å². The Hall–Kier alpha value is -2.05. The molecule has 1 atom stereocenters. The van der Waals surface area contributed by atoms with Crippen LogP contribution in [0.15, 0.2) is 30.5 Å². The van der Waals surface area contributed by atoms with Gasteiger partial charge in [-0.25, -0.2) is 14.4 Å². The van der Waals surface area contributed by atoms with Crippen LogP contribution in [0.5, 0.6) is 5.75 Å². The molecule has 0 saturated heterocycles. The van der Waals surface area contributed by atoms with Crippen molar-refractivity contribution in [3.05, 3.63) is 42.1 Å². The first kappa shape index (κ1) is 13.4. The van der Waals surface area contributed by atoms with Crippen LogP contribution in [0.3, 0.4) is 0 Å². The third-order valence-electron chi connectivity index (χ3n) is 2.65. The number of ether oxygens (including phenoxy) is 1. The zero-order valence-corrected chi connectivity index (χ0v) is 10.4. The lowest BCUT2D eigenvalue weighted by molar-refractivity contribution is 0.263. The molecule has 3 N–H and O–H groups in total. The van der Waals surface area contributed by atoms with Gasteiger partial charge in [-0.1, -0.05) is 0 Å². The highest BCUT2D eigenvalue weighted by Crippen LogP contribution is 2.24. The highest BCUT2D eigenvalue weighted by molar-refractivity contribution is 5.60. The average molecular weight is 263 g/mol. The van der Waals surface area contributed by atoms with Gasteiger partial charge in [0.15, 0.2) is 11.6 Å². The van der Waals surface area contributed by atoms with Crippen molar-refractivity contribution in [2.24, 2.45) is 5.73 Å². The van der Waals surface area contributed by atoms with Crippen molar-refractivity contribution in [2.45, 2.75) is 6.04 Å². The van der Waals surface area contributed by atoms with Gasteiger partial charge in [-0.2, -0.15) is 0 Å². The summed E-state index contributed by atoms with van der Waals surface area (Å²) in [5.74, 6) is 0.0212. The van der Waals surface area contributed by atoms with E-state index in [9.17, 15) is 4.39 Å². The number of aliphatic hydroxyl groups excluding tert-OH is 1. The van der Waals surface area contributed by atoms with Crippen LogP contribution in [0.4, 0.5) is 4.39 Å². The Morgan fingerprint density at radius 2 is 2.21 bits per heavy atom. The normalized spacial score (nSPS) is 12.2. The molecule has 1 aromatic carbocycles. The van der Waals surface area contributed by atoms with Gasteiger partial charge >= 0.3 is 0 Å². The second-order valence-electron chi connectivity index (χ2n) is 3.94. The summed E-state index contributed by atoms with van der Waals surface area (Å²) in [5.41, 5.74) is 6.78. The van der Waals surface area contributed by atoms with E-state index in [4.69, 9.17) is 15.6 Å². The van der Waals surface area contributed by atoms with Crippen molar-refractivity contribution in [1.29, 1.82) is 0 Å².